The van der Waals surface area contributed by atoms with Gasteiger partial charge in [0.1, 0.15) is 5.75 Å². The van der Waals surface area contributed by atoms with Gasteiger partial charge in [-0.15, -0.1) is 0 Å². The Labute approximate surface area is 152 Å². The van der Waals surface area contributed by atoms with Gasteiger partial charge in [-0.05, 0) is 55.3 Å². The molecule has 132 valence electrons. The van der Waals surface area contributed by atoms with E-state index in [1.165, 1.54) is 0 Å². The Hall–Kier alpha value is -2.53. The van der Waals surface area contributed by atoms with Crippen molar-refractivity contribution in [1.82, 2.24) is 0 Å². The first-order valence-corrected chi connectivity index (χ1v) is 8.44. The number of nitrogens with one attached hydrogen (secondary N) is 2. The highest BCUT2D eigenvalue weighted by atomic mass is 35.5. The van der Waals surface area contributed by atoms with Crippen molar-refractivity contribution in [3.63, 3.8) is 0 Å². The lowest BCUT2D eigenvalue weighted by Gasteiger charge is -2.10. The van der Waals surface area contributed by atoms with E-state index in [9.17, 15) is 9.59 Å². The first kappa shape index (κ1) is 18.8. The third-order valence-corrected chi connectivity index (χ3v) is 3.83. The molecule has 0 unspecified atom stereocenters. The number of anilines is 2. The fourth-order valence-electron chi connectivity index (χ4n) is 2.18. The lowest BCUT2D eigenvalue weighted by Crippen LogP contribution is -2.20. The second kappa shape index (κ2) is 9.08. The molecular formula is C19H21ClN2O3. The molecule has 2 aromatic carbocycles. The largest absolute Gasteiger partial charge is 0.484 e. The summed E-state index contributed by atoms with van der Waals surface area (Å²) < 4.78 is 5.46. The molecule has 2 amide bonds. The molecule has 2 rings (SSSR count). The number of hydrogen-bond donors (Lipinski definition) is 2. The van der Waals surface area contributed by atoms with Crippen LogP contribution in [0.25, 0.3) is 0 Å². The van der Waals surface area contributed by atoms with Crippen LogP contribution in [-0.2, 0) is 9.59 Å². The van der Waals surface area contributed by atoms with Gasteiger partial charge in [0.25, 0.3) is 5.91 Å². The van der Waals surface area contributed by atoms with Crippen molar-refractivity contribution in [1.29, 1.82) is 0 Å². The van der Waals surface area contributed by atoms with Crippen molar-refractivity contribution >= 4 is 34.8 Å². The van der Waals surface area contributed by atoms with E-state index in [4.69, 9.17) is 16.3 Å². The zero-order valence-corrected chi connectivity index (χ0v) is 15.0. The molecule has 0 spiro atoms. The van der Waals surface area contributed by atoms with E-state index >= 15 is 0 Å². The molecule has 0 radical (unpaired) electrons. The Kier molecular flexibility index (Phi) is 6.83. The quantitative estimate of drug-likeness (QED) is 0.768. The van der Waals surface area contributed by atoms with Crippen molar-refractivity contribution in [3.8, 4) is 5.75 Å². The summed E-state index contributed by atoms with van der Waals surface area (Å²) in [7, 11) is 0. The van der Waals surface area contributed by atoms with Gasteiger partial charge in [0.05, 0.1) is 0 Å². The monoisotopic (exact) mass is 360 g/mol. The van der Waals surface area contributed by atoms with Crippen LogP contribution in [0, 0.1) is 6.92 Å². The van der Waals surface area contributed by atoms with E-state index in [0.717, 1.165) is 12.0 Å². The lowest BCUT2D eigenvalue weighted by molar-refractivity contribution is -0.118. The first-order chi connectivity index (χ1) is 12.0. The average Bonchev–Trinajstić information content (AvgIpc) is 2.56. The molecular weight excluding hydrogens is 340 g/mol. The van der Waals surface area contributed by atoms with Gasteiger partial charge in [0.2, 0.25) is 5.91 Å². The number of carbonyl (C=O) groups excluding carboxylic acids is 2. The standard InChI is InChI=1S/C19H21ClN2O3/c1-3-5-18(23)21-14-6-4-7-15(11-14)22-19(24)12-25-16-8-9-17(20)13(2)10-16/h4,6-11H,3,5,12H2,1-2H3,(H,21,23)(H,22,24). The summed E-state index contributed by atoms with van der Waals surface area (Å²) >= 11 is 5.96. The lowest BCUT2D eigenvalue weighted by atomic mass is 10.2. The summed E-state index contributed by atoms with van der Waals surface area (Å²) in [5.41, 5.74) is 2.12. The molecule has 0 aromatic heterocycles. The summed E-state index contributed by atoms with van der Waals surface area (Å²) in [5.74, 6) is 0.245. The van der Waals surface area contributed by atoms with Gasteiger partial charge in [-0.25, -0.2) is 0 Å². The molecule has 0 saturated heterocycles. The van der Waals surface area contributed by atoms with Crippen LogP contribution in [0.1, 0.15) is 25.3 Å². The highest BCUT2D eigenvalue weighted by molar-refractivity contribution is 6.31. The number of rotatable bonds is 7. The van der Waals surface area contributed by atoms with Crippen molar-refractivity contribution in [2.24, 2.45) is 0 Å². The predicted octanol–water partition coefficient (Wildman–Crippen LogP) is 4.40. The molecule has 25 heavy (non-hydrogen) atoms. The van der Waals surface area contributed by atoms with Gasteiger partial charge in [-0.3, -0.25) is 9.59 Å². The van der Waals surface area contributed by atoms with Gasteiger partial charge in [0.15, 0.2) is 6.61 Å². The number of amides is 2. The summed E-state index contributed by atoms with van der Waals surface area (Å²) in [6.07, 6.45) is 1.24. The minimum absolute atomic E-state index is 0.0487. The Morgan fingerprint density at radius 2 is 1.72 bits per heavy atom. The van der Waals surface area contributed by atoms with E-state index in [1.807, 2.05) is 13.8 Å². The maximum atomic E-state index is 12.0. The van der Waals surface area contributed by atoms with Crippen LogP contribution < -0.4 is 15.4 Å². The van der Waals surface area contributed by atoms with Crippen LogP contribution in [0.4, 0.5) is 11.4 Å². The topological polar surface area (TPSA) is 67.4 Å². The van der Waals surface area contributed by atoms with E-state index in [0.29, 0.717) is 28.6 Å². The summed E-state index contributed by atoms with van der Waals surface area (Å²) in [4.78, 5) is 23.7. The fourth-order valence-corrected chi connectivity index (χ4v) is 2.30. The normalized spacial score (nSPS) is 10.2. The molecule has 0 fully saturated rings. The molecule has 0 aliphatic carbocycles. The highest BCUT2D eigenvalue weighted by Gasteiger charge is 2.07. The van der Waals surface area contributed by atoms with Crippen LogP contribution in [0.5, 0.6) is 5.75 Å². The van der Waals surface area contributed by atoms with Crippen LogP contribution in [0.2, 0.25) is 5.02 Å². The minimum Gasteiger partial charge on any atom is -0.484 e. The smallest absolute Gasteiger partial charge is 0.262 e. The third kappa shape index (κ3) is 6.12. The number of aryl methyl sites for hydroxylation is 1. The van der Waals surface area contributed by atoms with Gasteiger partial charge < -0.3 is 15.4 Å². The molecule has 0 saturated carbocycles. The SMILES string of the molecule is CCCC(=O)Nc1cccc(NC(=O)COc2ccc(Cl)c(C)c2)c1. The van der Waals surface area contributed by atoms with Crippen LogP contribution >= 0.6 is 11.6 Å². The van der Waals surface area contributed by atoms with E-state index < -0.39 is 0 Å². The summed E-state index contributed by atoms with van der Waals surface area (Å²) in [5, 5.41) is 6.19. The van der Waals surface area contributed by atoms with Gasteiger partial charge in [0, 0.05) is 22.8 Å². The maximum Gasteiger partial charge on any atom is 0.262 e. The zero-order valence-electron chi connectivity index (χ0n) is 14.3. The maximum absolute atomic E-state index is 12.0. The minimum atomic E-state index is -0.287. The number of benzene rings is 2. The Balaban J connectivity index is 1.89. The van der Waals surface area contributed by atoms with Gasteiger partial charge in [-0.2, -0.15) is 0 Å². The van der Waals surface area contributed by atoms with Gasteiger partial charge >= 0.3 is 0 Å². The van der Waals surface area contributed by atoms with Crippen LogP contribution in [0.15, 0.2) is 42.5 Å². The molecule has 5 nitrogen and oxygen atoms in total. The van der Waals surface area contributed by atoms with Crippen LogP contribution in [0.3, 0.4) is 0 Å². The zero-order chi connectivity index (χ0) is 18.2. The predicted molar refractivity (Wildman–Crippen MR) is 100 cm³/mol. The van der Waals surface area contributed by atoms with Crippen molar-refractivity contribution < 1.29 is 14.3 Å². The molecule has 6 heteroatoms. The molecule has 0 aliphatic heterocycles. The second-order valence-corrected chi connectivity index (χ2v) is 6.03. The Morgan fingerprint density at radius 1 is 1.04 bits per heavy atom. The number of ether oxygens (including phenoxy) is 1. The summed E-state index contributed by atoms with van der Waals surface area (Å²) in [6, 6.07) is 12.2. The molecule has 0 aliphatic rings. The average molecular weight is 361 g/mol. The van der Waals surface area contributed by atoms with E-state index in [-0.39, 0.29) is 18.4 Å². The van der Waals surface area contributed by atoms with Crippen molar-refractivity contribution in [3.05, 3.63) is 53.1 Å². The first-order valence-electron chi connectivity index (χ1n) is 8.06. The Morgan fingerprint density at radius 3 is 2.36 bits per heavy atom. The summed E-state index contributed by atoms with van der Waals surface area (Å²) in [6.45, 7) is 3.69. The van der Waals surface area contributed by atoms with E-state index in [2.05, 4.69) is 10.6 Å². The molecule has 0 heterocycles. The third-order valence-electron chi connectivity index (χ3n) is 3.41. The number of carbonyl (C=O) groups is 2. The number of hydrogen-bond acceptors (Lipinski definition) is 3. The van der Waals surface area contributed by atoms with Crippen molar-refractivity contribution in [2.45, 2.75) is 26.7 Å². The molecule has 0 bridgehead atoms. The molecule has 0 atom stereocenters. The molecule has 2 N–H and O–H groups in total. The van der Waals surface area contributed by atoms with E-state index in [1.54, 1.807) is 42.5 Å². The fraction of sp³-hybridized carbons (Fsp3) is 0.263. The number of halogens is 1. The van der Waals surface area contributed by atoms with Crippen molar-refractivity contribution in [2.75, 3.05) is 17.2 Å². The van der Waals surface area contributed by atoms with Crippen LogP contribution in [-0.4, -0.2) is 18.4 Å². The molecule has 2 aromatic rings. The second-order valence-electron chi connectivity index (χ2n) is 5.63. The highest BCUT2D eigenvalue weighted by Crippen LogP contribution is 2.21. The Bertz CT molecular complexity index is 762. The van der Waals surface area contributed by atoms with Gasteiger partial charge in [-0.1, -0.05) is 24.6 Å².